The van der Waals surface area contributed by atoms with Gasteiger partial charge in [0, 0.05) is 12.5 Å². The number of aromatic nitrogens is 1. The maximum Gasteiger partial charge on any atom is 0.408 e. The first-order valence-corrected chi connectivity index (χ1v) is 14.7. The van der Waals surface area contributed by atoms with Crippen molar-refractivity contribution in [2.24, 2.45) is 0 Å². The molecule has 2 atom stereocenters. The van der Waals surface area contributed by atoms with Gasteiger partial charge in [0.25, 0.3) is 0 Å². The van der Waals surface area contributed by atoms with Gasteiger partial charge in [-0.1, -0.05) is 30.3 Å². The molecule has 0 bridgehead atoms. The van der Waals surface area contributed by atoms with Crippen LogP contribution in [0.3, 0.4) is 0 Å². The number of aryl methyl sites for hydroxylation is 1. The van der Waals surface area contributed by atoms with Crippen molar-refractivity contribution >= 4 is 23.7 Å². The summed E-state index contributed by atoms with van der Waals surface area (Å²) in [6.45, 7) is 10.3. The zero-order valence-corrected chi connectivity index (χ0v) is 26.1. The van der Waals surface area contributed by atoms with E-state index in [0.717, 1.165) is 29.7 Å². The molecular weight excluding hydrogens is 562 g/mol. The van der Waals surface area contributed by atoms with Crippen LogP contribution in [0.5, 0.6) is 17.4 Å². The molecule has 2 amide bonds. The molecule has 3 aromatic rings. The molecule has 0 spiro atoms. The van der Waals surface area contributed by atoms with Crippen molar-refractivity contribution in [3.05, 3.63) is 78.0 Å². The van der Waals surface area contributed by atoms with Crippen molar-refractivity contribution < 1.29 is 33.3 Å². The minimum Gasteiger partial charge on any atom is -0.485 e. The standard InChI is InChI=1S/C34H41N3O7/c1-33(2,3)43-31(39)26(37-32(40)44-34(4,5)6)15-18-29(38)36-24-13-19-30(35-21-24)41-25-14-17-28-23(20-25)12-16-27(42-28)22-10-8-7-9-11-22/h7-11,13-14,17,19-21,26-27H,12,15-16,18H2,1-6H3,(H,36,38)(H,37,40)/t26-,27?/m0/s1. The van der Waals surface area contributed by atoms with Crippen LogP contribution in [0.1, 0.15) is 78.0 Å². The maximum atomic E-state index is 12.7. The largest absolute Gasteiger partial charge is 0.485 e. The molecule has 0 radical (unpaired) electrons. The molecule has 44 heavy (non-hydrogen) atoms. The second-order valence-corrected chi connectivity index (χ2v) is 12.6. The molecule has 0 aliphatic carbocycles. The van der Waals surface area contributed by atoms with Gasteiger partial charge >= 0.3 is 12.1 Å². The second-order valence-electron chi connectivity index (χ2n) is 12.6. The van der Waals surface area contributed by atoms with Gasteiger partial charge in [0.1, 0.15) is 34.8 Å². The van der Waals surface area contributed by atoms with Crippen LogP contribution in [0.15, 0.2) is 66.9 Å². The third kappa shape index (κ3) is 10.00. The zero-order valence-electron chi connectivity index (χ0n) is 26.1. The van der Waals surface area contributed by atoms with Gasteiger partial charge in [0.2, 0.25) is 11.8 Å². The van der Waals surface area contributed by atoms with E-state index in [0.29, 0.717) is 17.3 Å². The van der Waals surface area contributed by atoms with Crippen molar-refractivity contribution in [1.29, 1.82) is 0 Å². The molecule has 2 N–H and O–H groups in total. The Morgan fingerprint density at radius 1 is 0.955 bits per heavy atom. The quantitative estimate of drug-likeness (QED) is 0.253. The lowest BCUT2D eigenvalue weighted by atomic mass is 9.97. The topological polar surface area (TPSA) is 125 Å². The number of alkyl carbamates (subject to hydrolysis) is 1. The summed E-state index contributed by atoms with van der Waals surface area (Å²) in [7, 11) is 0. The molecule has 10 heteroatoms. The molecule has 2 aromatic carbocycles. The van der Waals surface area contributed by atoms with E-state index in [1.807, 2.05) is 36.4 Å². The van der Waals surface area contributed by atoms with Crippen molar-refractivity contribution in [3.63, 3.8) is 0 Å². The number of nitrogens with one attached hydrogen (secondary N) is 2. The SMILES string of the molecule is CC(C)(C)OC(=O)N[C@@H](CCC(=O)Nc1ccc(Oc2ccc3c(c2)CCC(c2ccccc2)O3)nc1)C(=O)OC(C)(C)C. The predicted molar refractivity (Wildman–Crippen MR) is 166 cm³/mol. The summed E-state index contributed by atoms with van der Waals surface area (Å²) in [6, 6.07) is 18.2. The van der Waals surface area contributed by atoms with Crippen LogP contribution in [0.4, 0.5) is 10.5 Å². The number of ether oxygens (including phenoxy) is 4. The van der Waals surface area contributed by atoms with Crippen LogP contribution < -0.4 is 20.1 Å². The molecule has 1 aliphatic rings. The fraction of sp³-hybridized carbons (Fsp3) is 0.412. The monoisotopic (exact) mass is 603 g/mol. The van der Waals surface area contributed by atoms with Crippen LogP contribution in [-0.2, 0) is 25.5 Å². The van der Waals surface area contributed by atoms with E-state index >= 15 is 0 Å². The lowest BCUT2D eigenvalue weighted by Gasteiger charge is -2.26. The number of amides is 2. The Kier molecular flexibility index (Phi) is 10.1. The average Bonchev–Trinajstić information content (AvgIpc) is 2.94. The number of carbonyl (C=O) groups excluding carboxylic acids is 3. The molecule has 234 valence electrons. The molecule has 0 saturated heterocycles. The molecule has 2 heterocycles. The molecule has 1 aliphatic heterocycles. The van der Waals surface area contributed by atoms with E-state index < -0.39 is 29.3 Å². The first-order chi connectivity index (χ1) is 20.7. The van der Waals surface area contributed by atoms with Crippen LogP contribution in [0.2, 0.25) is 0 Å². The van der Waals surface area contributed by atoms with E-state index in [2.05, 4.69) is 27.8 Å². The fourth-order valence-corrected chi connectivity index (χ4v) is 4.54. The van der Waals surface area contributed by atoms with E-state index in [-0.39, 0.29) is 24.9 Å². The molecule has 1 aromatic heterocycles. The zero-order chi connectivity index (χ0) is 31.9. The van der Waals surface area contributed by atoms with Crippen LogP contribution >= 0.6 is 0 Å². The number of hydrogen-bond donors (Lipinski definition) is 2. The number of rotatable bonds is 9. The Morgan fingerprint density at radius 3 is 2.34 bits per heavy atom. The van der Waals surface area contributed by atoms with Gasteiger partial charge in [0.15, 0.2) is 0 Å². The molecule has 0 fully saturated rings. The Labute approximate surface area is 258 Å². The highest BCUT2D eigenvalue weighted by Crippen LogP contribution is 2.37. The number of anilines is 1. The van der Waals surface area contributed by atoms with E-state index in [4.69, 9.17) is 18.9 Å². The minimum atomic E-state index is -1.06. The van der Waals surface area contributed by atoms with Gasteiger partial charge < -0.3 is 29.6 Å². The van der Waals surface area contributed by atoms with E-state index in [1.54, 1.807) is 53.7 Å². The molecule has 1 unspecified atom stereocenters. The van der Waals surface area contributed by atoms with Crippen molar-refractivity contribution in [2.75, 3.05) is 5.32 Å². The first-order valence-electron chi connectivity index (χ1n) is 14.7. The predicted octanol–water partition coefficient (Wildman–Crippen LogP) is 6.89. The summed E-state index contributed by atoms with van der Waals surface area (Å²) in [5.74, 6) is 0.847. The Morgan fingerprint density at radius 2 is 1.68 bits per heavy atom. The summed E-state index contributed by atoms with van der Waals surface area (Å²) >= 11 is 0. The summed E-state index contributed by atoms with van der Waals surface area (Å²) in [5.41, 5.74) is 1.19. The number of carbonyl (C=O) groups is 3. The Hall–Kier alpha value is -4.60. The van der Waals surface area contributed by atoms with Gasteiger partial charge in [-0.2, -0.15) is 0 Å². The number of hydrogen-bond acceptors (Lipinski definition) is 8. The molecule has 10 nitrogen and oxygen atoms in total. The number of fused-ring (bicyclic) bond motifs is 1. The van der Waals surface area contributed by atoms with E-state index in [9.17, 15) is 14.4 Å². The minimum absolute atomic E-state index is 0.0166. The fourth-order valence-electron chi connectivity index (χ4n) is 4.54. The highest BCUT2D eigenvalue weighted by atomic mass is 16.6. The summed E-state index contributed by atoms with van der Waals surface area (Å²) in [4.78, 5) is 42.0. The van der Waals surface area contributed by atoms with Crippen molar-refractivity contribution in [2.45, 2.75) is 90.6 Å². The summed E-state index contributed by atoms with van der Waals surface area (Å²) in [6.07, 6.45) is 2.46. The third-order valence-electron chi connectivity index (χ3n) is 6.43. The van der Waals surface area contributed by atoms with Gasteiger partial charge in [0.05, 0.1) is 11.9 Å². The van der Waals surface area contributed by atoms with Crippen molar-refractivity contribution in [3.8, 4) is 17.4 Å². The van der Waals surface area contributed by atoms with Gasteiger partial charge in [-0.3, -0.25) is 4.79 Å². The normalized spacial score (nSPS) is 15.2. The van der Waals surface area contributed by atoms with E-state index in [1.165, 1.54) is 6.20 Å². The maximum absolute atomic E-state index is 12.7. The van der Waals surface area contributed by atoms with Crippen LogP contribution in [0, 0.1) is 0 Å². The summed E-state index contributed by atoms with van der Waals surface area (Å²) < 4.78 is 22.9. The highest BCUT2D eigenvalue weighted by molar-refractivity contribution is 5.91. The number of benzene rings is 2. The third-order valence-corrected chi connectivity index (χ3v) is 6.43. The lowest BCUT2D eigenvalue weighted by molar-refractivity contribution is -0.157. The Bertz CT molecular complexity index is 1440. The van der Waals surface area contributed by atoms with Gasteiger partial charge in [-0.05, 0) is 96.2 Å². The molecule has 4 rings (SSSR count). The van der Waals surface area contributed by atoms with Crippen LogP contribution in [-0.4, -0.2) is 40.2 Å². The number of pyridine rings is 1. The molecule has 0 saturated carbocycles. The lowest BCUT2D eigenvalue weighted by Crippen LogP contribution is -2.46. The van der Waals surface area contributed by atoms with Gasteiger partial charge in [-0.15, -0.1) is 0 Å². The molecular formula is C34H41N3O7. The smallest absolute Gasteiger partial charge is 0.408 e. The number of nitrogens with zero attached hydrogens (tertiary/aromatic N) is 1. The highest BCUT2D eigenvalue weighted by Gasteiger charge is 2.29. The Balaban J connectivity index is 1.30. The average molecular weight is 604 g/mol. The second kappa shape index (κ2) is 13.8. The summed E-state index contributed by atoms with van der Waals surface area (Å²) in [5, 5.41) is 5.28. The number of esters is 1. The van der Waals surface area contributed by atoms with Crippen LogP contribution in [0.25, 0.3) is 0 Å². The first kappa shape index (κ1) is 32.3. The van der Waals surface area contributed by atoms with Crippen molar-refractivity contribution in [1.82, 2.24) is 10.3 Å². The van der Waals surface area contributed by atoms with Gasteiger partial charge in [-0.25, -0.2) is 14.6 Å².